The predicted molar refractivity (Wildman–Crippen MR) is 168 cm³/mol. The number of halogens is 2. The van der Waals surface area contributed by atoms with E-state index in [0.29, 0.717) is 47.2 Å². The number of hydrogen-bond donors (Lipinski definition) is 3. The number of nitrogens with zero attached hydrogens (tertiary/aromatic N) is 5. The van der Waals surface area contributed by atoms with E-state index in [9.17, 15) is 10.2 Å². The van der Waals surface area contributed by atoms with Gasteiger partial charge in [0.2, 0.25) is 0 Å². The lowest BCUT2D eigenvalue weighted by Crippen LogP contribution is -2.34. The van der Waals surface area contributed by atoms with Crippen molar-refractivity contribution in [2.75, 3.05) is 18.1 Å². The lowest BCUT2D eigenvalue weighted by Gasteiger charge is -2.20. The summed E-state index contributed by atoms with van der Waals surface area (Å²) >= 11 is 6.64. The van der Waals surface area contributed by atoms with Crippen LogP contribution in [0.3, 0.4) is 0 Å². The first-order chi connectivity index (χ1) is 22.1. The second-order valence-electron chi connectivity index (χ2n) is 12.8. The van der Waals surface area contributed by atoms with Crippen LogP contribution >= 0.6 is 11.6 Å². The van der Waals surface area contributed by atoms with Crippen molar-refractivity contribution in [2.24, 2.45) is 0 Å². The van der Waals surface area contributed by atoms with E-state index in [1.165, 1.54) is 0 Å². The number of imidazole rings is 1. The van der Waals surface area contributed by atoms with E-state index in [-0.39, 0.29) is 31.1 Å². The summed E-state index contributed by atoms with van der Waals surface area (Å²) in [5.74, 6) is -0.307. The van der Waals surface area contributed by atoms with Gasteiger partial charge in [-0.25, -0.2) is 9.37 Å². The van der Waals surface area contributed by atoms with Gasteiger partial charge >= 0.3 is 0 Å². The number of aromatic nitrogens is 5. The number of ether oxygens (including phenoxy) is 3. The minimum absolute atomic E-state index is 0.216. The van der Waals surface area contributed by atoms with Gasteiger partial charge in [0.1, 0.15) is 24.1 Å². The number of fused-ring (bicyclic) bond motifs is 3. The number of H-pyrrole nitrogens is 1. The third kappa shape index (κ3) is 5.39. The smallest absolute Gasteiger partial charge is 0.296 e. The van der Waals surface area contributed by atoms with Gasteiger partial charge in [0, 0.05) is 23.9 Å². The van der Waals surface area contributed by atoms with Crippen molar-refractivity contribution in [1.82, 2.24) is 24.7 Å². The molecular formula is C33H32ClFN6O5. The standard InChI is InChI=1S/C33H32ClFN6O5/c1-33(2,43)16-41-12-20-11-40(13-24(20)39-41)25-8-7-19(9-22(25)35)17-3-5-18(6-4-17)28-21(34)10-23-31(37-28)38-32(36-23)46-27-15-45-29-26(42)14-44-30(27)29/h3-10,12,26-27,29-30,42-43H,11,13-16H2,1-2H3,(H,36,37,38)/t26-,27-,29?,30-/m1/s1. The fourth-order valence-corrected chi connectivity index (χ4v) is 6.72. The summed E-state index contributed by atoms with van der Waals surface area (Å²) in [5, 5.41) is 25.1. The van der Waals surface area contributed by atoms with Gasteiger partial charge in [-0.15, -0.1) is 0 Å². The first-order valence-electron chi connectivity index (χ1n) is 15.1. The topological polar surface area (TPSA) is 131 Å². The highest BCUT2D eigenvalue weighted by Crippen LogP contribution is 2.35. The first kappa shape index (κ1) is 29.3. The zero-order valence-electron chi connectivity index (χ0n) is 25.2. The minimum Gasteiger partial charge on any atom is -0.456 e. The average Bonchev–Trinajstić information content (AvgIpc) is 3.81. The van der Waals surface area contributed by atoms with Crippen LogP contribution in [0.5, 0.6) is 6.01 Å². The molecule has 238 valence electrons. The molecule has 0 radical (unpaired) electrons. The maximum Gasteiger partial charge on any atom is 0.296 e. The summed E-state index contributed by atoms with van der Waals surface area (Å²) < 4.78 is 34.4. The van der Waals surface area contributed by atoms with Gasteiger partial charge in [-0.2, -0.15) is 10.1 Å². The normalized spacial score (nSPS) is 22.5. The molecule has 5 aromatic rings. The first-order valence-corrected chi connectivity index (χ1v) is 15.5. The van der Waals surface area contributed by atoms with Crippen molar-refractivity contribution in [2.45, 2.75) is 63.5 Å². The highest BCUT2D eigenvalue weighted by molar-refractivity contribution is 6.33. The molecule has 6 heterocycles. The van der Waals surface area contributed by atoms with Crippen LogP contribution in [-0.4, -0.2) is 78.2 Å². The maximum absolute atomic E-state index is 15.4. The van der Waals surface area contributed by atoms with Crippen molar-refractivity contribution >= 4 is 28.5 Å². The summed E-state index contributed by atoms with van der Waals surface area (Å²) in [6.45, 7) is 5.47. The minimum atomic E-state index is -0.858. The Hall–Kier alpha value is -4.07. The molecule has 3 aliphatic heterocycles. The van der Waals surface area contributed by atoms with Crippen LogP contribution in [0.15, 0.2) is 54.7 Å². The summed E-state index contributed by atoms with van der Waals surface area (Å²) in [4.78, 5) is 14.3. The molecule has 13 heteroatoms. The molecule has 1 unspecified atom stereocenters. The van der Waals surface area contributed by atoms with Crippen molar-refractivity contribution in [3.8, 4) is 28.4 Å². The Morgan fingerprint density at radius 3 is 2.54 bits per heavy atom. The molecule has 46 heavy (non-hydrogen) atoms. The Morgan fingerprint density at radius 1 is 1.02 bits per heavy atom. The number of anilines is 1. The Morgan fingerprint density at radius 2 is 1.78 bits per heavy atom. The number of hydrogen-bond acceptors (Lipinski definition) is 9. The van der Waals surface area contributed by atoms with E-state index >= 15 is 4.39 Å². The quantitative estimate of drug-likeness (QED) is 0.234. The Kier molecular flexibility index (Phi) is 7.03. The Bertz CT molecular complexity index is 1920. The molecule has 11 nitrogen and oxygen atoms in total. The molecule has 2 aromatic carbocycles. The fourth-order valence-electron chi connectivity index (χ4n) is 6.46. The lowest BCUT2D eigenvalue weighted by molar-refractivity contribution is 0.00706. The summed E-state index contributed by atoms with van der Waals surface area (Å²) in [6, 6.07) is 14.9. The van der Waals surface area contributed by atoms with E-state index in [4.69, 9.17) is 25.8 Å². The molecule has 0 saturated carbocycles. The SMILES string of the molecule is CC(C)(O)Cn1cc2c(n1)CN(c1ccc(-c3ccc(-c4nc5nc(O[C@@H]6COC7[C@H](O)CO[C@@H]76)[nH]c5cc4Cl)cc3)cc1F)C2. The van der Waals surface area contributed by atoms with Crippen LogP contribution in [-0.2, 0) is 29.1 Å². The average molecular weight is 647 g/mol. The molecule has 3 aromatic heterocycles. The third-order valence-electron chi connectivity index (χ3n) is 8.61. The second-order valence-corrected chi connectivity index (χ2v) is 13.2. The molecule has 8 rings (SSSR count). The van der Waals surface area contributed by atoms with Crippen molar-refractivity contribution in [1.29, 1.82) is 0 Å². The van der Waals surface area contributed by atoms with E-state index in [2.05, 4.69) is 20.1 Å². The van der Waals surface area contributed by atoms with Crippen LogP contribution in [0.2, 0.25) is 5.02 Å². The predicted octanol–water partition coefficient (Wildman–Crippen LogP) is 4.48. The number of benzene rings is 2. The third-order valence-corrected chi connectivity index (χ3v) is 8.89. The summed E-state index contributed by atoms with van der Waals surface area (Å²) in [7, 11) is 0. The van der Waals surface area contributed by atoms with Crippen LogP contribution in [0.4, 0.5) is 10.1 Å². The number of rotatable bonds is 7. The molecule has 0 spiro atoms. The zero-order chi connectivity index (χ0) is 31.7. The van der Waals surface area contributed by atoms with Crippen molar-refractivity contribution < 1.29 is 28.8 Å². The van der Waals surface area contributed by atoms with Gasteiger partial charge in [0.25, 0.3) is 6.01 Å². The highest BCUT2D eigenvalue weighted by atomic mass is 35.5. The number of aliphatic hydroxyl groups excluding tert-OH is 1. The molecule has 3 N–H and O–H groups in total. The van der Waals surface area contributed by atoms with Crippen LogP contribution in [0, 0.1) is 5.82 Å². The number of pyridine rings is 1. The number of aromatic amines is 1. The molecule has 3 aliphatic rings. The van der Waals surface area contributed by atoms with Gasteiger partial charge in [0.05, 0.1) is 59.5 Å². The highest BCUT2D eigenvalue weighted by Gasteiger charge is 2.48. The molecule has 0 amide bonds. The zero-order valence-corrected chi connectivity index (χ0v) is 25.9. The van der Waals surface area contributed by atoms with E-state index in [1.54, 1.807) is 36.7 Å². The number of nitrogens with one attached hydrogen (secondary N) is 1. The maximum atomic E-state index is 15.4. The molecule has 0 bridgehead atoms. The monoisotopic (exact) mass is 646 g/mol. The van der Waals surface area contributed by atoms with Crippen LogP contribution in [0.1, 0.15) is 25.1 Å². The van der Waals surface area contributed by atoms with E-state index in [1.807, 2.05) is 41.4 Å². The van der Waals surface area contributed by atoms with Gasteiger partial charge in [-0.05, 0) is 43.2 Å². The molecule has 2 fully saturated rings. The fraction of sp³-hybridized carbons (Fsp3) is 0.364. The van der Waals surface area contributed by atoms with Gasteiger partial charge in [-0.3, -0.25) is 4.68 Å². The molecule has 0 aliphatic carbocycles. The molecular weight excluding hydrogens is 615 g/mol. The van der Waals surface area contributed by atoms with Crippen molar-refractivity contribution in [3.05, 3.63) is 76.8 Å². The Labute approximate surface area is 268 Å². The summed E-state index contributed by atoms with van der Waals surface area (Å²) in [5.41, 5.74) is 5.61. The number of aliphatic hydroxyl groups is 2. The van der Waals surface area contributed by atoms with Gasteiger partial charge < -0.3 is 34.3 Å². The van der Waals surface area contributed by atoms with Gasteiger partial charge in [-0.1, -0.05) is 41.9 Å². The van der Waals surface area contributed by atoms with Crippen molar-refractivity contribution in [3.63, 3.8) is 0 Å². The second kappa shape index (κ2) is 11.0. The van der Waals surface area contributed by atoms with Crippen LogP contribution in [0.25, 0.3) is 33.5 Å². The largest absolute Gasteiger partial charge is 0.456 e. The molecule has 4 atom stereocenters. The Balaban J connectivity index is 0.965. The van der Waals surface area contributed by atoms with Gasteiger partial charge in [0.15, 0.2) is 11.8 Å². The van der Waals surface area contributed by atoms with E-state index < -0.39 is 23.9 Å². The van der Waals surface area contributed by atoms with Crippen LogP contribution < -0.4 is 9.64 Å². The molecule has 2 saturated heterocycles. The lowest BCUT2D eigenvalue weighted by atomic mass is 10.0. The van der Waals surface area contributed by atoms with E-state index in [0.717, 1.165) is 27.9 Å². The summed E-state index contributed by atoms with van der Waals surface area (Å²) in [6.07, 6.45) is 0.106.